The lowest BCUT2D eigenvalue weighted by Crippen LogP contribution is -2.49. The summed E-state index contributed by atoms with van der Waals surface area (Å²) in [7, 11) is 4.64. The Balaban J connectivity index is 0.000000119. The number of halogens is 3. The van der Waals surface area contributed by atoms with Crippen molar-refractivity contribution in [3.63, 3.8) is 0 Å². The minimum absolute atomic E-state index is 0.0470. The van der Waals surface area contributed by atoms with Crippen molar-refractivity contribution in [3.05, 3.63) is 254 Å². The van der Waals surface area contributed by atoms with Crippen molar-refractivity contribution in [1.82, 2.24) is 58.2 Å². The number of hydrogen-bond acceptors (Lipinski definition) is 18. The Morgan fingerprint density at radius 2 is 0.840 bits per heavy atom. The van der Waals surface area contributed by atoms with E-state index in [2.05, 4.69) is 75.7 Å². The number of anilines is 4. The lowest BCUT2D eigenvalue weighted by Gasteiger charge is -2.33. The van der Waals surface area contributed by atoms with Crippen LogP contribution in [0.5, 0.6) is 17.2 Å². The molecule has 0 saturated carbocycles. The van der Waals surface area contributed by atoms with Gasteiger partial charge in [0.2, 0.25) is 0 Å². The molecule has 4 N–H and O–H groups in total. The highest BCUT2D eigenvalue weighted by atomic mass is 19.1. The molecule has 0 aliphatic carbocycles. The fourth-order valence-corrected chi connectivity index (χ4v) is 13.8. The molecular formula is C80H81F3N16O7. The molecule has 4 aliphatic heterocycles. The van der Waals surface area contributed by atoms with Gasteiger partial charge in [0.25, 0.3) is 22.2 Å². The van der Waals surface area contributed by atoms with Crippen LogP contribution in [0.25, 0.3) is 72.7 Å². The molecule has 3 aromatic carbocycles. The molecule has 23 nitrogen and oxygen atoms in total. The van der Waals surface area contributed by atoms with Crippen molar-refractivity contribution >= 4 is 50.7 Å². The summed E-state index contributed by atoms with van der Waals surface area (Å²) in [6, 6.07) is 43.8. The van der Waals surface area contributed by atoms with Gasteiger partial charge in [-0.3, -0.25) is 36.8 Å². The number of aromatic nitrogens is 8. The third kappa shape index (κ3) is 15.9. The smallest absolute Gasteiger partial charge is 0.258 e. The summed E-state index contributed by atoms with van der Waals surface area (Å²) in [5.74, 6) is -0.358. The van der Waals surface area contributed by atoms with Crippen molar-refractivity contribution in [1.29, 1.82) is 0 Å². The van der Waals surface area contributed by atoms with Gasteiger partial charge in [-0.1, -0.05) is 12.1 Å². The number of piperazine rings is 4. The highest BCUT2D eigenvalue weighted by Gasteiger charge is 2.21. The Morgan fingerprint density at radius 3 is 1.34 bits per heavy atom. The van der Waals surface area contributed by atoms with Crippen molar-refractivity contribution in [3.8, 4) is 62.0 Å². The average Bonchev–Trinajstić information content (AvgIpc) is 0.948. The molecule has 17 rings (SSSR count). The zero-order valence-corrected chi connectivity index (χ0v) is 59.4. The highest BCUT2D eigenvalue weighted by molar-refractivity contribution is 5.74. The van der Waals surface area contributed by atoms with E-state index >= 15 is 0 Å². The van der Waals surface area contributed by atoms with Gasteiger partial charge in [0.15, 0.2) is 23.1 Å². The van der Waals surface area contributed by atoms with Gasteiger partial charge < -0.3 is 59.5 Å². The molecule has 4 saturated heterocycles. The predicted molar refractivity (Wildman–Crippen MR) is 410 cm³/mol. The number of benzene rings is 3. The summed E-state index contributed by atoms with van der Waals surface area (Å²) < 4.78 is 64.9. The fraction of sp³-hybridized carbons (Fsp3) is 0.263. The van der Waals surface area contributed by atoms with Crippen LogP contribution in [-0.2, 0) is 0 Å². The molecule has 0 unspecified atom stereocenters. The van der Waals surface area contributed by atoms with Crippen molar-refractivity contribution in [2.45, 2.75) is 25.9 Å². The van der Waals surface area contributed by atoms with E-state index in [-0.39, 0.29) is 39.2 Å². The van der Waals surface area contributed by atoms with Crippen LogP contribution in [0.15, 0.2) is 214 Å². The lowest BCUT2D eigenvalue weighted by molar-refractivity contribution is 0.355. The molecule has 10 aromatic heterocycles. The molecule has 2 atom stereocenters. The van der Waals surface area contributed by atoms with E-state index < -0.39 is 17.5 Å². The Hall–Kier alpha value is -11.8. The van der Waals surface area contributed by atoms with E-state index in [1.165, 1.54) is 23.6 Å². The topological polar surface area (TPSA) is 218 Å². The Bertz CT molecular complexity index is 5620. The number of imidazole rings is 1. The fourth-order valence-electron chi connectivity index (χ4n) is 13.8. The summed E-state index contributed by atoms with van der Waals surface area (Å²) in [4.78, 5) is 73.1. The van der Waals surface area contributed by atoms with Crippen LogP contribution in [0.3, 0.4) is 0 Å². The van der Waals surface area contributed by atoms with Crippen LogP contribution in [-0.4, -0.2) is 162 Å². The number of pyridine rings is 7. The lowest BCUT2D eigenvalue weighted by atomic mass is 10.1. The largest absolute Gasteiger partial charge is 0.494 e. The van der Waals surface area contributed by atoms with Crippen LogP contribution in [0.4, 0.5) is 35.9 Å². The maximum absolute atomic E-state index is 14.0. The van der Waals surface area contributed by atoms with Crippen molar-refractivity contribution < 1.29 is 27.4 Å². The first-order chi connectivity index (χ1) is 51.5. The summed E-state index contributed by atoms with van der Waals surface area (Å²) in [5.41, 5.74) is 12.2. The van der Waals surface area contributed by atoms with Gasteiger partial charge in [-0.05, 0) is 145 Å². The molecule has 14 heterocycles. The minimum atomic E-state index is -0.704. The second kappa shape index (κ2) is 31.6. The molecule has 4 fully saturated rings. The summed E-state index contributed by atoms with van der Waals surface area (Å²) >= 11 is 0. The molecule has 544 valence electrons. The molecule has 0 bridgehead atoms. The van der Waals surface area contributed by atoms with Crippen molar-refractivity contribution in [2.24, 2.45) is 0 Å². The van der Waals surface area contributed by atoms with Crippen LogP contribution in [0.1, 0.15) is 13.8 Å². The van der Waals surface area contributed by atoms with E-state index in [4.69, 9.17) is 14.2 Å². The van der Waals surface area contributed by atoms with Gasteiger partial charge in [-0.15, -0.1) is 0 Å². The number of nitrogens with zero attached hydrogens (tertiary/aromatic N) is 12. The average molecular weight is 1440 g/mol. The third-order valence-electron chi connectivity index (χ3n) is 19.3. The second-order valence-corrected chi connectivity index (χ2v) is 26.5. The molecule has 4 aliphatic rings. The van der Waals surface area contributed by atoms with E-state index in [9.17, 15) is 32.3 Å². The number of nitrogens with one attached hydrogen (secondary N) is 4. The number of ether oxygens (including phenoxy) is 3. The third-order valence-corrected chi connectivity index (χ3v) is 19.3. The monoisotopic (exact) mass is 1430 g/mol. The van der Waals surface area contributed by atoms with Crippen molar-refractivity contribution in [2.75, 3.05) is 133 Å². The SMILES string of the molecule is COc1ccc(-c2cc(=O)n3cc(N4CCNCC4)ccc3c2)cc1OC.COc1ccc(-c2cc(=O)n3cc(N4CCN[C@@H](C)C4)ccc3c2)cc1F.C[C@H]1CN(c2ccc3nc(-c4cc(F)cc(F)c4)cc(=O)n3c2)CCN1.O=c1cc(-c2ccn3ccnc3c2)nc2ccc(N3CCNCC3)cn12. The van der Waals surface area contributed by atoms with E-state index in [1.54, 1.807) is 76.2 Å². The Morgan fingerprint density at radius 1 is 0.387 bits per heavy atom. The maximum Gasteiger partial charge on any atom is 0.258 e. The number of rotatable bonds is 11. The zero-order chi connectivity index (χ0) is 73.5. The van der Waals surface area contributed by atoms with Crippen LogP contribution in [0, 0.1) is 17.5 Å². The predicted octanol–water partition coefficient (Wildman–Crippen LogP) is 9.16. The molecule has 0 radical (unpaired) electrons. The summed E-state index contributed by atoms with van der Waals surface area (Å²) in [5, 5.41) is 13.5. The number of fused-ring (bicyclic) bond motifs is 5. The quantitative estimate of drug-likeness (QED) is 0.0949. The van der Waals surface area contributed by atoms with Gasteiger partial charge in [-0.25, -0.2) is 28.1 Å². The van der Waals surface area contributed by atoms with E-state index in [1.807, 2.05) is 114 Å². The molecule has 13 aromatic rings. The maximum atomic E-state index is 14.0. The van der Waals surface area contributed by atoms with Crippen LogP contribution < -0.4 is 77.3 Å². The number of hydrogen-bond donors (Lipinski definition) is 4. The first-order valence-electron chi connectivity index (χ1n) is 35.3. The summed E-state index contributed by atoms with van der Waals surface area (Å²) in [6.07, 6.45) is 13.0. The van der Waals surface area contributed by atoms with Gasteiger partial charge >= 0.3 is 0 Å². The van der Waals surface area contributed by atoms with E-state index in [0.717, 1.165) is 166 Å². The molecule has 0 spiro atoms. The molecule has 26 heteroatoms. The van der Waals surface area contributed by atoms with Crippen LogP contribution in [0.2, 0.25) is 0 Å². The zero-order valence-electron chi connectivity index (χ0n) is 59.4. The standard InChI is InChI=1S/C21H22FN3O2.C21H23N3O3.C19H18F2N4O.C19H18N6O/c1-14-12-24(8-7-23-14)18-5-4-17-9-16(11-21(26)25(17)13-18)15-3-6-20(27-2)19(22)10-15;1-26-19-6-3-15(12-20(19)27-2)16-11-17-4-5-18(14-24(17)21(25)13-16)23-9-7-22-8-10-23;1-12-10-24(5-4-22-12)16-2-3-18-23-17(9-19(26)25(18)11-16)13-6-14(20)8-15(21)7-13;26-19-12-16(14-3-7-24-10-6-21-18(24)11-14)22-17-2-1-15(13-25(17)19)23-8-4-20-5-9-23/h3-6,9-11,13-14,23H,7-8,12H2,1-2H3;3-6,11-14,22H,7-10H2,1-2H3;2-3,6-9,11-12,22H,4-5,10H2,1H3;1-3,6-7,10-13,20H,4-5,8-9H2/t14-;;12-;/m0.0./s1. The van der Waals surface area contributed by atoms with Gasteiger partial charge in [0.1, 0.15) is 28.6 Å². The molecule has 106 heavy (non-hydrogen) atoms. The Kier molecular flexibility index (Phi) is 21.2. The normalized spacial score (nSPS) is 16.1. The number of methoxy groups -OCH3 is 3. The first-order valence-corrected chi connectivity index (χ1v) is 35.3. The van der Waals surface area contributed by atoms with Gasteiger partial charge in [0.05, 0.1) is 55.5 Å². The minimum Gasteiger partial charge on any atom is -0.494 e. The van der Waals surface area contributed by atoms with Gasteiger partial charge in [-0.2, -0.15) is 0 Å². The molecule has 0 amide bonds. The summed E-state index contributed by atoms with van der Waals surface area (Å²) in [6.45, 7) is 17.2. The Labute approximate surface area is 608 Å². The van der Waals surface area contributed by atoms with Gasteiger partial charge in [0, 0.05) is 200 Å². The van der Waals surface area contributed by atoms with Crippen LogP contribution >= 0.6 is 0 Å². The first kappa shape index (κ1) is 71.2. The molecular weight excluding hydrogens is 1350 g/mol. The highest BCUT2D eigenvalue weighted by Crippen LogP contribution is 2.34. The second-order valence-electron chi connectivity index (χ2n) is 26.5. The van der Waals surface area contributed by atoms with E-state index in [0.29, 0.717) is 51.7 Å².